The van der Waals surface area contributed by atoms with Gasteiger partial charge in [0.25, 0.3) is 0 Å². The second-order valence-electron chi connectivity index (χ2n) is 5.25. The van der Waals surface area contributed by atoms with Gasteiger partial charge in [0.05, 0.1) is 14.2 Å². The number of methoxy groups -OCH3 is 2. The van der Waals surface area contributed by atoms with Gasteiger partial charge in [-0.15, -0.1) is 0 Å². The van der Waals surface area contributed by atoms with Crippen LogP contribution in [-0.4, -0.2) is 14.2 Å². The molecular weight excluding hydrogens is 262 g/mol. The number of aryl methyl sites for hydroxylation is 1. The van der Waals surface area contributed by atoms with Crippen LogP contribution in [0.3, 0.4) is 0 Å². The van der Waals surface area contributed by atoms with Crippen LogP contribution in [0.25, 0.3) is 0 Å². The molecule has 2 aromatic carbocycles. The monoisotopic (exact) mass is 285 g/mol. The van der Waals surface area contributed by atoms with E-state index in [1.807, 2.05) is 24.3 Å². The molecule has 2 rings (SSSR count). The lowest BCUT2D eigenvalue weighted by molar-refractivity contribution is 0.398. The summed E-state index contributed by atoms with van der Waals surface area (Å²) in [7, 11) is 3.38. The molecule has 0 aliphatic carbocycles. The molecule has 21 heavy (non-hydrogen) atoms. The van der Waals surface area contributed by atoms with Crippen molar-refractivity contribution in [1.82, 2.24) is 0 Å². The number of para-hydroxylation sites is 1. The quantitative estimate of drug-likeness (QED) is 0.913. The molecule has 0 amide bonds. The van der Waals surface area contributed by atoms with Crippen molar-refractivity contribution in [3.05, 3.63) is 58.7 Å². The van der Waals surface area contributed by atoms with Gasteiger partial charge in [0.1, 0.15) is 11.5 Å². The maximum Gasteiger partial charge on any atom is 0.126 e. The smallest absolute Gasteiger partial charge is 0.126 e. The van der Waals surface area contributed by atoms with E-state index < -0.39 is 0 Å². The second kappa shape index (κ2) is 6.64. The van der Waals surface area contributed by atoms with Crippen LogP contribution in [0.1, 0.15) is 28.3 Å². The molecule has 0 aromatic heterocycles. The number of ether oxygens (including phenoxy) is 2. The highest BCUT2D eigenvalue weighted by atomic mass is 16.5. The summed E-state index contributed by atoms with van der Waals surface area (Å²) >= 11 is 0. The van der Waals surface area contributed by atoms with Crippen molar-refractivity contribution in [2.24, 2.45) is 5.73 Å². The van der Waals surface area contributed by atoms with Crippen LogP contribution in [0.15, 0.2) is 36.4 Å². The Hall–Kier alpha value is -2.00. The molecule has 0 aliphatic rings. The molecule has 0 heterocycles. The number of benzene rings is 2. The van der Waals surface area contributed by atoms with E-state index in [4.69, 9.17) is 15.2 Å². The van der Waals surface area contributed by atoms with Crippen LogP contribution < -0.4 is 15.2 Å². The standard InChI is InChI=1S/C18H23NO2/c1-12-9-10-15(18(21-4)13(12)2)16(19)11-14-7-5-6-8-17(14)20-3/h5-10,16H,11,19H2,1-4H3. The molecule has 0 aliphatic heterocycles. The lowest BCUT2D eigenvalue weighted by Gasteiger charge is -2.19. The predicted molar refractivity (Wildman–Crippen MR) is 86.1 cm³/mol. The number of hydrogen-bond donors (Lipinski definition) is 1. The van der Waals surface area contributed by atoms with E-state index >= 15 is 0 Å². The molecule has 2 N–H and O–H groups in total. The average molecular weight is 285 g/mol. The van der Waals surface area contributed by atoms with E-state index in [-0.39, 0.29) is 6.04 Å². The normalized spacial score (nSPS) is 12.0. The van der Waals surface area contributed by atoms with E-state index in [0.717, 1.165) is 28.2 Å². The van der Waals surface area contributed by atoms with Crippen LogP contribution >= 0.6 is 0 Å². The van der Waals surface area contributed by atoms with Crippen molar-refractivity contribution in [3.63, 3.8) is 0 Å². The molecule has 0 bridgehead atoms. The zero-order chi connectivity index (χ0) is 15.4. The van der Waals surface area contributed by atoms with Crippen molar-refractivity contribution in [2.45, 2.75) is 26.3 Å². The molecule has 0 saturated carbocycles. The van der Waals surface area contributed by atoms with Gasteiger partial charge in [-0.05, 0) is 43.0 Å². The van der Waals surface area contributed by atoms with E-state index in [2.05, 4.69) is 26.0 Å². The van der Waals surface area contributed by atoms with Crippen LogP contribution in [0, 0.1) is 13.8 Å². The van der Waals surface area contributed by atoms with E-state index in [0.29, 0.717) is 6.42 Å². The third kappa shape index (κ3) is 3.19. The molecule has 3 nitrogen and oxygen atoms in total. The van der Waals surface area contributed by atoms with E-state index in [1.54, 1.807) is 14.2 Å². The summed E-state index contributed by atoms with van der Waals surface area (Å²) in [5.41, 5.74) is 10.9. The fraction of sp³-hybridized carbons (Fsp3) is 0.333. The predicted octanol–water partition coefficient (Wildman–Crippen LogP) is 3.56. The van der Waals surface area contributed by atoms with Crippen LogP contribution in [-0.2, 0) is 6.42 Å². The molecule has 3 heteroatoms. The molecule has 1 atom stereocenters. The third-order valence-electron chi connectivity index (χ3n) is 3.94. The fourth-order valence-corrected chi connectivity index (χ4v) is 2.59. The summed E-state index contributed by atoms with van der Waals surface area (Å²) in [4.78, 5) is 0. The second-order valence-corrected chi connectivity index (χ2v) is 5.25. The summed E-state index contributed by atoms with van der Waals surface area (Å²) < 4.78 is 11.0. The number of hydrogen-bond acceptors (Lipinski definition) is 3. The maximum absolute atomic E-state index is 6.41. The highest BCUT2D eigenvalue weighted by Gasteiger charge is 2.17. The zero-order valence-electron chi connectivity index (χ0n) is 13.1. The molecule has 0 spiro atoms. The Bertz CT molecular complexity index is 623. The van der Waals surface area contributed by atoms with Gasteiger partial charge in [0.15, 0.2) is 0 Å². The number of nitrogens with two attached hydrogens (primary N) is 1. The Morgan fingerprint density at radius 3 is 2.38 bits per heavy atom. The first kappa shape index (κ1) is 15.4. The Balaban J connectivity index is 2.32. The number of rotatable bonds is 5. The Morgan fingerprint density at radius 1 is 1.00 bits per heavy atom. The molecule has 0 fully saturated rings. The first-order valence-electron chi connectivity index (χ1n) is 7.10. The molecule has 112 valence electrons. The van der Waals surface area contributed by atoms with Crippen molar-refractivity contribution in [3.8, 4) is 11.5 Å². The van der Waals surface area contributed by atoms with Gasteiger partial charge < -0.3 is 15.2 Å². The minimum atomic E-state index is -0.129. The highest BCUT2D eigenvalue weighted by Crippen LogP contribution is 2.32. The molecular formula is C18H23NO2. The SMILES string of the molecule is COc1ccccc1CC(N)c1ccc(C)c(C)c1OC. The first-order valence-corrected chi connectivity index (χ1v) is 7.10. The van der Waals surface area contributed by atoms with Crippen LogP contribution in [0.2, 0.25) is 0 Å². The van der Waals surface area contributed by atoms with Gasteiger partial charge >= 0.3 is 0 Å². The zero-order valence-corrected chi connectivity index (χ0v) is 13.1. The first-order chi connectivity index (χ1) is 10.1. The van der Waals surface area contributed by atoms with Crippen molar-refractivity contribution in [1.29, 1.82) is 0 Å². The molecule has 0 radical (unpaired) electrons. The molecule has 1 unspecified atom stereocenters. The summed E-state index contributed by atoms with van der Waals surface area (Å²) in [6, 6.07) is 12.0. The minimum absolute atomic E-state index is 0.129. The van der Waals surface area contributed by atoms with E-state index in [9.17, 15) is 0 Å². The molecule has 2 aromatic rings. The summed E-state index contributed by atoms with van der Waals surface area (Å²) in [5, 5.41) is 0. The average Bonchev–Trinajstić information content (AvgIpc) is 2.50. The largest absolute Gasteiger partial charge is 0.496 e. The highest BCUT2D eigenvalue weighted by molar-refractivity contribution is 5.47. The minimum Gasteiger partial charge on any atom is -0.496 e. The Morgan fingerprint density at radius 2 is 1.71 bits per heavy atom. The van der Waals surface area contributed by atoms with Gasteiger partial charge in [-0.3, -0.25) is 0 Å². The van der Waals surface area contributed by atoms with Crippen LogP contribution in [0.5, 0.6) is 11.5 Å². The van der Waals surface area contributed by atoms with Crippen molar-refractivity contribution < 1.29 is 9.47 Å². The third-order valence-corrected chi connectivity index (χ3v) is 3.94. The topological polar surface area (TPSA) is 44.5 Å². The maximum atomic E-state index is 6.41. The van der Waals surface area contributed by atoms with Gasteiger partial charge in [-0.25, -0.2) is 0 Å². The lowest BCUT2D eigenvalue weighted by Crippen LogP contribution is -2.15. The summed E-state index contributed by atoms with van der Waals surface area (Å²) in [6.45, 7) is 4.14. The van der Waals surface area contributed by atoms with Gasteiger partial charge in [0, 0.05) is 11.6 Å². The van der Waals surface area contributed by atoms with Crippen molar-refractivity contribution >= 4 is 0 Å². The Kier molecular flexibility index (Phi) is 4.86. The van der Waals surface area contributed by atoms with Crippen LogP contribution in [0.4, 0.5) is 0 Å². The van der Waals surface area contributed by atoms with Gasteiger partial charge in [-0.2, -0.15) is 0 Å². The van der Waals surface area contributed by atoms with Gasteiger partial charge in [0.2, 0.25) is 0 Å². The summed E-state index contributed by atoms with van der Waals surface area (Å²) in [6.07, 6.45) is 0.711. The lowest BCUT2D eigenvalue weighted by atomic mass is 9.95. The van der Waals surface area contributed by atoms with E-state index in [1.165, 1.54) is 5.56 Å². The van der Waals surface area contributed by atoms with Crippen molar-refractivity contribution in [2.75, 3.05) is 14.2 Å². The fourth-order valence-electron chi connectivity index (χ4n) is 2.59. The van der Waals surface area contributed by atoms with Gasteiger partial charge in [-0.1, -0.05) is 30.3 Å². The molecule has 0 saturated heterocycles. The Labute approximate surface area is 126 Å². The summed E-state index contributed by atoms with van der Waals surface area (Å²) in [5.74, 6) is 1.76.